The highest BCUT2D eigenvalue weighted by Crippen LogP contribution is 2.29. The molecule has 0 spiro atoms. The highest BCUT2D eigenvalue weighted by atomic mass is 19.4. The molecule has 2 aromatic rings. The molecule has 0 unspecified atom stereocenters. The highest BCUT2D eigenvalue weighted by molar-refractivity contribution is 5.90. The van der Waals surface area contributed by atoms with Crippen LogP contribution in [-0.4, -0.2) is 27.9 Å². The largest absolute Gasteiger partial charge is 0.465 e. The lowest BCUT2D eigenvalue weighted by atomic mass is 10.1. The zero-order valence-electron chi connectivity index (χ0n) is 22.4. The summed E-state index contributed by atoms with van der Waals surface area (Å²) in [6.45, 7) is 1.99. The number of rotatable bonds is 15. The maximum Gasteiger partial charge on any atom is 0.416 e. The third-order valence-corrected chi connectivity index (χ3v) is 6.26. The number of carboxylic acid groups (broad SMARTS) is 1. The molecule has 0 bridgehead atoms. The number of hydrogen-bond donors (Lipinski definition) is 3. The molecule has 3 N–H and O–H groups in total. The van der Waals surface area contributed by atoms with Crippen molar-refractivity contribution in [1.82, 2.24) is 10.4 Å². The topological polar surface area (TPSA) is 103 Å². The maximum atomic E-state index is 12.8. The van der Waals surface area contributed by atoms with Crippen molar-refractivity contribution in [2.75, 3.05) is 0 Å². The minimum absolute atomic E-state index is 0.0840. The van der Waals surface area contributed by atoms with E-state index in [-0.39, 0.29) is 24.5 Å². The summed E-state index contributed by atoms with van der Waals surface area (Å²) in [5.41, 5.74) is 2.65. The Labute approximate surface area is 227 Å². The van der Waals surface area contributed by atoms with Gasteiger partial charge in [0, 0.05) is 19.5 Å². The molecule has 39 heavy (non-hydrogen) atoms. The number of amides is 1. The van der Waals surface area contributed by atoms with Crippen LogP contribution in [0.25, 0.3) is 0 Å². The Morgan fingerprint density at radius 1 is 0.897 bits per heavy atom. The van der Waals surface area contributed by atoms with E-state index in [1.165, 1.54) is 62.8 Å². The highest BCUT2D eigenvalue weighted by Gasteiger charge is 2.30. The van der Waals surface area contributed by atoms with Gasteiger partial charge < -0.3 is 9.94 Å². The summed E-state index contributed by atoms with van der Waals surface area (Å²) in [5.74, 6) is -0.602. The molecule has 0 atom stereocenters. The fourth-order valence-corrected chi connectivity index (χ4v) is 4.06. The van der Waals surface area contributed by atoms with Crippen molar-refractivity contribution in [3.63, 3.8) is 0 Å². The van der Waals surface area contributed by atoms with Gasteiger partial charge in [0.15, 0.2) is 0 Å². The van der Waals surface area contributed by atoms with Crippen LogP contribution in [0.4, 0.5) is 18.0 Å². The third-order valence-electron chi connectivity index (χ3n) is 6.26. The van der Waals surface area contributed by atoms with Crippen molar-refractivity contribution in [1.29, 1.82) is 5.41 Å². The first-order chi connectivity index (χ1) is 18.6. The lowest BCUT2D eigenvalue weighted by Crippen LogP contribution is -2.29. The molecule has 2 aromatic carbocycles. The molecule has 0 aromatic heterocycles. The van der Waals surface area contributed by atoms with Crippen LogP contribution in [0.3, 0.4) is 0 Å². The molecule has 0 aliphatic carbocycles. The van der Waals surface area contributed by atoms with Crippen LogP contribution < -0.4 is 5.48 Å². The fraction of sp³-hybridized carbons (Fsp3) is 0.483. The first-order valence-corrected chi connectivity index (χ1v) is 13.4. The molecular weight excluding hydrogens is 511 g/mol. The Morgan fingerprint density at radius 3 is 2.08 bits per heavy atom. The van der Waals surface area contributed by atoms with Crippen LogP contribution in [-0.2, 0) is 24.1 Å². The number of halogens is 3. The average Bonchev–Trinajstić information content (AvgIpc) is 2.90. The van der Waals surface area contributed by atoms with Gasteiger partial charge in [-0.25, -0.2) is 15.1 Å². The Kier molecular flexibility index (Phi) is 13.3. The summed E-state index contributed by atoms with van der Waals surface area (Å²) >= 11 is 0. The minimum atomic E-state index is -4.47. The van der Waals surface area contributed by atoms with Crippen LogP contribution >= 0.6 is 0 Å². The number of alkyl halides is 3. The molecule has 0 heterocycles. The average molecular weight is 550 g/mol. The SMILES string of the molecule is CCCCCCCCCCCC(=N)NOC(=O)c1cccc(CN(Cc2ccc(C(F)(F)F)cc2)C(=O)O)c1. The van der Waals surface area contributed by atoms with Gasteiger partial charge in [-0.05, 0) is 41.8 Å². The number of unbranched alkanes of at least 4 members (excludes halogenated alkanes) is 8. The van der Waals surface area contributed by atoms with Gasteiger partial charge in [0.1, 0.15) is 5.84 Å². The van der Waals surface area contributed by atoms with Gasteiger partial charge in [-0.1, -0.05) is 82.6 Å². The molecule has 7 nitrogen and oxygen atoms in total. The molecule has 2 rings (SSSR count). The van der Waals surface area contributed by atoms with E-state index in [4.69, 9.17) is 10.2 Å². The Balaban J connectivity index is 1.79. The van der Waals surface area contributed by atoms with E-state index in [9.17, 15) is 27.9 Å². The predicted molar refractivity (Wildman–Crippen MR) is 143 cm³/mol. The number of benzene rings is 2. The molecule has 0 radical (unpaired) electrons. The summed E-state index contributed by atoms with van der Waals surface area (Å²) < 4.78 is 38.3. The predicted octanol–water partition coefficient (Wildman–Crippen LogP) is 7.95. The summed E-state index contributed by atoms with van der Waals surface area (Å²) in [6.07, 6.45) is 5.25. The second-order valence-electron chi connectivity index (χ2n) is 9.58. The van der Waals surface area contributed by atoms with Crippen molar-refractivity contribution in [3.8, 4) is 0 Å². The molecule has 0 aliphatic rings. The lowest BCUT2D eigenvalue weighted by molar-refractivity contribution is -0.137. The van der Waals surface area contributed by atoms with Crippen LogP contribution in [0.2, 0.25) is 0 Å². The van der Waals surface area contributed by atoms with E-state index in [0.29, 0.717) is 17.5 Å². The number of amidine groups is 1. The first kappa shape index (κ1) is 31.7. The molecular formula is C29H38F3N3O4. The lowest BCUT2D eigenvalue weighted by Gasteiger charge is -2.20. The van der Waals surface area contributed by atoms with Crippen molar-refractivity contribution >= 4 is 17.9 Å². The molecule has 0 saturated heterocycles. The Bertz CT molecular complexity index is 1060. The second kappa shape index (κ2) is 16.4. The van der Waals surface area contributed by atoms with Gasteiger partial charge in [0.25, 0.3) is 0 Å². The van der Waals surface area contributed by atoms with Crippen molar-refractivity contribution in [2.45, 2.75) is 90.4 Å². The molecule has 0 saturated carbocycles. The number of carbonyl (C=O) groups excluding carboxylic acids is 1. The van der Waals surface area contributed by atoms with Gasteiger partial charge in [0.05, 0.1) is 11.1 Å². The van der Waals surface area contributed by atoms with Crippen molar-refractivity contribution < 1.29 is 32.7 Å². The Morgan fingerprint density at radius 2 is 1.49 bits per heavy atom. The van der Waals surface area contributed by atoms with E-state index in [1.807, 2.05) is 0 Å². The number of hydroxylamine groups is 1. The standard InChI is InChI=1S/C29H38F3N3O4/c1-2-3-4-5-6-7-8-9-10-14-26(33)34-39-27(36)24-13-11-12-23(19-24)21-35(28(37)38)20-22-15-17-25(18-16-22)29(30,31)32/h11-13,15-19H,2-10,14,20-21H2,1H3,(H2,33,34)(H,37,38). The van der Waals surface area contributed by atoms with Crippen LogP contribution in [0, 0.1) is 5.41 Å². The molecule has 10 heteroatoms. The monoisotopic (exact) mass is 549 g/mol. The van der Waals surface area contributed by atoms with Crippen LogP contribution in [0.15, 0.2) is 48.5 Å². The van der Waals surface area contributed by atoms with Crippen LogP contribution in [0.5, 0.6) is 0 Å². The van der Waals surface area contributed by atoms with Crippen molar-refractivity contribution in [3.05, 3.63) is 70.8 Å². The Hall–Kier alpha value is -3.56. The van der Waals surface area contributed by atoms with E-state index in [1.54, 1.807) is 12.1 Å². The first-order valence-electron chi connectivity index (χ1n) is 13.4. The van der Waals surface area contributed by atoms with Crippen molar-refractivity contribution in [2.24, 2.45) is 0 Å². The summed E-state index contributed by atoms with van der Waals surface area (Å²) in [7, 11) is 0. The zero-order chi connectivity index (χ0) is 28.7. The smallest absolute Gasteiger partial charge is 0.416 e. The fourth-order valence-electron chi connectivity index (χ4n) is 4.06. The number of carbonyl (C=O) groups is 2. The summed E-state index contributed by atoms with van der Waals surface area (Å²) in [5, 5.41) is 17.5. The summed E-state index contributed by atoms with van der Waals surface area (Å²) in [4.78, 5) is 30.3. The number of nitrogens with one attached hydrogen (secondary N) is 2. The van der Waals surface area contributed by atoms with E-state index >= 15 is 0 Å². The molecule has 0 fully saturated rings. The number of nitrogens with zero attached hydrogens (tertiary/aromatic N) is 1. The molecule has 214 valence electrons. The van der Waals surface area contributed by atoms with E-state index < -0.39 is 23.8 Å². The van der Waals surface area contributed by atoms with E-state index in [0.717, 1.165) is 36.3 Å². The third kappa shape index (κ3) is 12.2. The molecule has 1 amide bonds. The number of hydrogen-bond acceptors (Lipinski definition) is 4. The zero-order valence-corrected chi connectivity index (χ0v) is 22.4. The summed E-state index contributed by atoms with van der Waals surface area (Å²) in [6, 6.07) is 10.5. The molecule has 0 aliphatic heterocycles. The minimum Gasteiger partial charge on any atom is -0.465 e. The van der Waals surface area contributed by atoms with Gasteiger partial charge in [-0.15, -0.1) is 0 Å². The van der Waals surface area contributed by atoms with Gasteiger partial charge in [0.2, 0.25) is 0 Å². The van der Waals surface area contributed by atoms with Gasteiger partial charge in [-0.3, -0.25) is 10.3 Å². The second-order valence-corrected chi connectivity index (χ2v) is 9.58. The van der Waals surface area contributed by atoms with Gasteiger partial charge >= 0.3 is 18.2 Å². The van der Waals surface area contributed by atoms with Crippen LogP contribution in [0.1, 0.15) is 98.2 Å². The van der Waals surface area contributed by atoms with Gasteiger partial charge in [-0.2, -0.15) is 13.2 Å². The van der Waals surface area contributed by atoms with E-state index in [2.05, 4.69) is 12.4 Å². The quantitative estimate of drug-likeness (QED) is 0.0906. The normalized spacial score (nSPS) is 11.2. The maximum absolute atomic E-state index is 12.8.